The summed E-state index contributed by atoms with van der Waals surface area (Å²) in [5.41, 5.74) is -0.272. The summed E-state index contributed by atoms with van der Waals surface area (Å²) in [6, 6.07) is 0. The third-order valence-corrected chi connectivity index (χ3v) is 4.25. The molecule has 104 valence electrons. The molecule has 3 fully saturated rings. The quantitative estimate of drug-likeness (QED) is 0.884. The fourth-order valence-corrected chi connectivity index (χ4v) is 3.23. The van der Waals surface area contributed by atoms with Crippen molar-refractivity contribution in [2.45, 2.75) is 31.8 Å². The molecule has 4 heterocycles. The van der Waals surface area contributed by atoms with Gasteiger partial charge in [-0.3, -0.25) is 4.98 Å². The van der Waals surface area contributed by atoms with E-state index in [4.69, 9.17) is 4.74 Å². The summed E-state index contributed by atoms with van der Waals surface area (Å²) in [5, 5.41) is 11.1. The minimum atomic E-state index is -0.895. The first-order valence-corrected chi connectivity index (χ1v) is 7.13. The van der Waals surface area contributed by atoms with Crippen molar-refractivity contribution in [3.63, 3.8) is 0 Å². The van der Waals surface area contributed by atoms with Crippen LogP contribution >= 0.6 is 0 Å². The molecule has 19 heavy (non-hydrogen) atoms. The van der Waals surface area contributed by atoms with Gasteiger partial charge in [0.15, 0.2) is 0 Å². The van der Waals surface area contributed by atoms with Crippen molar-refractivity contribution in [3.8, 4) is 5.88 Å². The molecule has 0 saturated carbocycles. The summed E-state index contributed by atoms with van der Waals surface area (Å²) in [7, 11) is 0. The molecule has 1 N–H and O–H groups in total. The third-order valence-electron chi connectivity index (χ3n) is 4.25. The third kappa shape index (κ3) is 2.21. The first kappa shape index (κ1) is 12.8. The molecule has 0 aliphatic carbocycles. The zero-order chi connectivity index (χ0) is 13.3. The van der Waals surface area contributed by atoms with Gasteiger partial charge in [0, 0.05) is 18.9 Å². The Balaban J connectivity index is 1.92. The van der Waals surface area contributed by atoms with E-state index in [0.717, 1.165) is 32.4 Å². The van der Waals surface area contributed by atoms with Crippen molar-refractivity contribution in [1.29, 1.82) is 0 Å². The number of hydrogen-bond donors (Lipinski definition) is 1. The van der Waals surface area contributed by atoms with Gasteiger partial charge in [0.05, 0.1) is 6.61 Å². The fourth-order valence-electron chi connectivity index (χ4n) is 3.23. The van der Waals surface area contributed by atoms with Crippen molar-refractivity contribution in [2.24, 2.45) is 5.92 Å². The molecule has 3 saturated heterocycles. The number of aromatic nitrogens is 2. The molecule has 1 aromatic heterocycles. The number of piperidine rings is 3. The fraction of sp³-hybridized carbons (Fsp3) is 0.714. The van der Waals surface area contributed by atoms with E-state index in [1.165, 1.54) is 0 Å². The molecule has 1 unspecified atom stereocenters. The van der Waals surface area contributed by atoms with Crippen LogP contribution in [-0.2, 0) is 5.60 Å². The summed E-state index contributed by atoms with van der Waals surface area (Å²) in [6.07, 6.45) is 6.24. The normalized spacial score (nSPS) is 33.4. The molecule has 0 aromatic carbocycles. The number of aliphatic hydroxyl groups is 1. The Morgan fingerprint density at radius 2 is 2.11 bits per heavy atom. The van der Waals surface area contributed by atoms with E-state index in [2.05, 4.69) is 21.8 Å². The summed E-state index contributed by atoms with van der Waals surface area (Å²) in [6.45, 7) is 5.48. The number of rotatable bonds is 4. The van der Waals surface area contributed by atoms with Gasteiger partial charge in [-0.25, -0.2) is 4.98 Å². The highest BCUT2D eigenvalue weighted by Crippen LogP contribution is 2.43. The van der Waals surface area contributed by atoms with Gasteiger partial charge in [-0.15, -0.1) is 0 Å². The average Bonchev–Trinajstić information content (AvgIpc) is 2.46. The summed E-state index contributed by atoms with van der Waals surface area (Å²) < 4.78 is 5.66. The molecule has 0 radical (unpaired) electrons. The Bertz CT molecular complexity index is 446. The van der Waals surface area contributed by atoms with Crippen LogP contribution in [0.4, 0.5) is 0 Å². The maximum absolute atomic E-state index is 11.1. The lowest BCUT2D eigenvalue weighted by Gasteiger charge is -2.49. The topological polar surface area (TPSA) is 58.5 Å². The van der Waals surface area contributed by atoms with Crippen LogP contribution in [0, 0.1) is 5.92 Å². The highest BCUT2D eigenvalue weighted by molar-refractivity contribution is 5.27. The van der Waals surface area contributed by atoms with Gasteiger partial charge in [-0.05, 0) is 38.3 Å². The van der Waals surface area contributed by atoms with E-state index >= 15 is 0 Å². The van der Waals surface area contributed by atoms with Crippen LogP contribution in [0.1, 0.15) is 31.9 Å². The number of ether oxygens (including phenoxy) is 1. The van der Waals surface area contributed by atoms with Gasteiger partial charge in [-0.1, -0.05) is 6.92 Å². The predicted octanol–water partition coefficient (Wildman–Crippen LogP) is 1.18. The molecular weight excluding hydrogens is 242 g/mol. The molecule has 1 atom stereocenters. The van der Waals surface area contributed by atoms with Gasteiger partial charge < -0.3 is 14.7 Å². The first-order chi connectivity index (χ1) is 9.24. The van der Waals surface area contributed by atoms with Crippen LogP contribution in [0.5, 0.6) is 5.88 Å². The minimum absolute atomic E-state index is 0.276. The zero-order valence-corrected chi connectivity index (χ0v) is 11.4. The summed E-state index contributed by atoms with van der Waals surface area (Å²) in [4.78, 5) is 10.9. The molecule has 4 rings (SSSR count). The maximum Gasteiger partial charge on any atom is 0.238 e. The van der Waals surface area contributed by atoms with Crippen molar-refractivity contribution in [2.75, 3.05) is 26.2 Å². The molecule has 5 heteroatoms. The van der Waals surface area contributed by atoms with Crippen LogP contribution in [0.25, 0.3) is 0 Å². The van der Waals surface area contributed by atoms with Gasteiger partial charge in [0.1, 0.15) is 11.3 Å². The molecule has 5 nitrogen and oxygen atoms in total. The Labute approximate surface area is 113 Å². The van der Waals surface area contributed by atoms with E-state index < -0.39 is 5.60 Å². The second kappa shape index (κ2) is 5.06. The molecule has 1 aromatic rings. The SMILES string of the molecule is CCCOc1nccnc1C1(O)CN2CCC1CC2. The molecule has 3 aliphatic heterocycles. The van der Waals surface area contributed by atoms with Gasteiger partial charge >= 0.3 is 0 Å². The van der Waals surface area contributed by atoms with Crippen LogP contribution < -0.4 is 4.74 Å². The van der Waals surface area contributed by atoms with Crippen molar-refractivity contribution >= 4 is 0 Å². The van der Waals surface area contributed by atoms with Crippen LogP contribution in [-0.4, -0.2) is 46.2 Å². The molecule has 0 amide bonds. The molecule has 3 aliphatic rings. The van der Waals surface area contributed by atoms with E-state index in [-0.39, 0.29) is 5.92 Å². The second-order valence-electron chi connectivity index (χ2n) is 5.53. The summed E-state index contributed by atoms with van der Waals surface area (Å²) >= 11 is 0. The van der Waals surface area contributed by atoms with E-state index in [9.17, 15) is 5.11 Å². The number of hydrogen-bond acceptors (Lipinski definition) is 5. The molecule has 0 spiro atoms. The largest absolute Gasteiger partial charge is 0.476 e. The standard InChI is InChI=1S/C14H21N3O2/c1-2-9-19-13-12(15-5-6-16-13)14(18)10-17-7-3-11(14)4-8-17/h5-6,11,18H,2-4,7-10H2,1H3. The van der Waals surface area contributed by atoms with E-state index in [0.29, 0.717) is 24.7 Å². The second-order valence-corrected chi connectivity index (χ2v) is 5.53. The van der Waals surface area contributed by atoms with Crippen molar-refractivity contribution < 1.29 is 9.84 Å². The maximum atomic E-state index is 11.1. The van der Waals surface area contributed by atoms with Gasteiger partial charge in [0.25, 0.3) is 0 Å². The molecular formula is C14H21N3O2. The van der Waals surface area contributed by atoms with Crippen LogP contribution in [0.15, 0.2) is 12.4 Å². The Kier molecular flexibility index (Phi) is 3.41. The smallest absolute Gasteiger partial charge is 0.238 e. The highest BCUT2D eigenvalue weighted by atomic mass is 16.5. The van der Waals surface area contributed by atoms with Gasteiger partial charge in [0.2, 0.25) is 5.88 Å². The van der Waals surface area contributed by atoms with Gasteiger partial charge in [-0.2, -0.15) is 0 Å². The first-order valence-electron chi connectivity index (χ1n) is 7.13. The van der Waals surface area contributed by atoms with Crippen LogP contribution in [0.2, 0.25) is 0 Å². The summed E-state index contributed by atoms with van der Waals surface area (Å²) in [5.74, 6) is 0.777. The predicted molar refractivity (Wildman–Crippen MR) is 70.9 cm³/mol. The van der Waals surface area contributed by atoms with E-state index in [1.54, 1.807) is 12.4 Å². The van der Waals surface area contributed by atoms with Crippen LogP contribution in [0.3, 0.4) is 0 Å². The van der Waals surface area contributed by atoms with Crippen molar-refractivity contribution in [3.05, 3.63) is 18.1 Å². The lowest BCUT2D eigenvalue weighted by molar-refractivity contribution is -0.121. The number of fused-ring (bicyclic) bond motifs is 3. The minimum Gasteiger partial charge on any atom is -0.476 e. The number of nitrogens with zero attached hydrogens (tertiary/aromatic N) is 3. The van der Waals surface area contributed by atoms with E-state index in [1.807, 2.05) is 0 Å². The monoisotopic (exact) mass is 263 g/mol. The highest BCUT2D eigenvalue weighted by Gasteiger charge is 2.49. The Morgan fingerprint density at radius 1 is 1.37 bits per heavy atom. The average molecular weight is 263 g/mol. The lowest BCUT2D eigenvalue weighted by atomic mass is 9.73. The van der Waals surface area contributed by atoms with Crippen molar-refractivity contribution in [1.82, 2.24) is 14.9 Å². The lowest BCUT2D eigenvalue weighted by Crippen LogP contribution is -2.57. The Hall–Kier alpha value is -1.20. The zero-order valence-electron chi connectivity index (χ0n) is 11.4. The Morgan fingerprint density at radius 3 is 2.74 bits per heavy atom. The molecule has 2 bridgehead atoms.